The van der Waals surface area contributed by atoms with Crippen LogP contribution in [0, 0.1) is 29.1 Å². The summed E-state index contributed by atoms with van der Waals surface area (Å²) in [5.74, 6) is -9.95. The molecule has 0 unspecified atom stereocenters. The molecule has 0 saturated heterocycles. The summed E-state index contributed by atoms with van der Waals surface area (Å²) in [6.45, 7) is 8.63. The van der Waals surface area contributed by atoms with E-state index in [-0.39, 0.29) is 11.1 Å². The van der Waals surface area contributed by atoms with Gasteiger partial charge in [0.05, 0.1) is 0 Å². The summed E-state index contributed by atoms with van der Waals surface area (Å²) >= 11 is 0. The molecule has 7 rings (SSSR count). The van der Waals surface area contributed by atoms with Crippen LogP contribution in [0.4, 0.5) is 33.3 Å². The number of nitrogens with one attached hydrogen (secondary N) is 1. The lowest BCUT2D eigenvalue weighted by molar-refractivity contribution is 0.382. The second-order valence-corrected chi connectivity index (χ2v) is 11.7. The van der Waals surface area contributed by atoms with Crippen LogP contribution in [0.5, 0.6) is 0 Å². The van der Waals surface area contributed by atoms with Crippen molar-refractivity contribution >= 4 is 22.1 Å². The zero-order valence-corrected chi connectivity index (χ0v) is 22.2. The summed E-state index contributed by atoms with van der Waals surface area (Å²) < 4.78 is 69.9. The first-order valence-electron chi connectivity index (χ1n) is 13.1. The van der Waals surface area contributed by atoms with Gasteiger partial charge in [-0.2, -0.15) is 0 Å². The van der Waals surface area contributed by atoms with E-state index in [0.29, 0.717) is 0 Å². The topological polar surface area (TPSA) is 12.0 Å². The van der Waals surface area contributed by atoms with Gasteiger partial charge in [-0.15, -0.1) is 0 Å². The highest BCUT2D eigenvalue weighted by atomic mass is 19.2. The molecule has 0 aromatic heterocycles. The minimum Gasteiger partial charge on any atom is -0.351 e. The number of fused-ring (bicyclic) bond motifs is 8. The smallest absolute Gasteiger partial charge is 0.200 e. The van der Waals surface area contributed by atoms with Gasteiger partial charge < -0.3 is 5.32 Å². The highest BCUT2D eigenvalue weighted by Crippen LogP contribution is 2.57. The molecule has 5 aromatic rings. The molecule has 0 bridgehead atoms. The Morgan fingerprint density at radius 3 is 1.82 bits per heavy atom. The molecule has 0 amide bonds. The Bertz CT molecular complexity index is 1910. The van der Waals surface area contributed by atoms with Crippen molar-refractivity contribution in [1.29, 1.82) is 0 Å². The van der Waals surface area contributed by atoms with Gasteiger partial charge in [-0.05, 0) is 79.5 Å². The van der Waals surface area contributed by atoms with Crippen molar-refractivity contribution in [1.82, 2.24) is 0 Å². The summed E-state index contributed by atoms with van der Waals surface area (Å²) in [6.07, 6.45) is 0. The maximum Gasteiger partial charge on any atom is 0.200 e. The van der Waals surface area contributed by atoms with Crippen LogP contribution < -0.4 is 5.32 Å². The molecule has 1 nitrogen and oxygen atoms in total. The Kier molecular flexibility index (Phi) is 4.92. The predicted octanol–water partition coefficient (Wildman–Crippen LogP) is 9.89. The molecule has 2 aliphatic carbocycles. The minimum absolute atomic E-state index is 0.218. The van der Waals surface area contributed by atoms with Gasteiger partial charge in [0.2, 0.25) is 5.82 Å². The molecule has 2 aliphatic rings. The summed E-state index contributed by atoms with van der Waals surface area (Å²) in [4.78, 5) is 0. The molecule has 40 heavy (non-hydrogen) atoms. The molecule has 200 valence electrons. The van der Waals surface area contributed by atoms with Crippen LogP contribution in [0.15, 0.2) is 66.7 Å². The lowest BCUT2D eigenvalue weighted by Gasteiger charge is -2.24. The van der Waals surface area contributed by atoms with Crippen molar-refractivity contribution in [3.8, 4) is 22.3 Å². The zero-order chi connectivity index (χ0) is 28.3. The van der Waals surface area contributed by atoms with E-state index in [2.05, 4.69) is 75.5 Å². The Morgan fingerprint density at radius 1 is 0.525 bits per heavy atom. The molecule has 0 radical (unpaired) electrons. The largest absolute Gasteiger partial charge is 0.351 e. The highest BCUT2D eigenvalue weighted by molar-refractivity contribution is 6.03. The summed E-state index contributed by atoms with van der Waals surface area (Å²) in [7, 11) is 0. The fraction of sp³-hybridized carbons (Fsp3) is 0.176. The lowest BCUT2D eigenvalue weighted by atomic mass is 9.79. The van der Waals surface area contributed by atoms with Crippen LogP contribution in [0.25, 0.3) is 33.0 Å². The van der Waals surface area contributed by atoms with Crippen LogP contribution >= 0.6 is 0 Å². The van der Waals surface area contributed by atoms with Crippen LogP contribution in [0.1, 0.15) is 49.9 Å². The minimum atomic E-state index is -2.18. The molecule has 6 heteroatoms. The van der Waals surface area contributed by atoms with Crippen LogP contribution in [0.2, 0.25) is 0 Å². The fourth-order valence-electron chi connectivity index (χ4n) is 6.67. The molecule has 0 heterocycles. The Balaban J connectivity index is 1.38. The average Bonchev–Trinajstić information content (AvgIpc) is 3.31. The third-order valence-corrected chi connectivity index (χ3v) is 8.84. The van der Waals surface area contributed by atoms with Crippen LogP contribution in [-0.4, -0.2) is 0 Å². The molecule has 1 N–H and O–H groups in total. The first kappa shape index (κ1) is 24.8. The van der Waals surface area contributed by atoms with E-state index in [1.54, 1.807) is 12.1 Å². The van der Waals surface area contributed by atoms with Crippen LogP contribution in [-0.2, 0) is 10.8 Å². The monoisotopic (exact) mass is 541 g/mol. The predicted molar refractivity (Wildman–Crippen MR) is 149 cm³/mol. The van der Waals surface area contributed by atoms with E-state index in [1.165, 1.54) is 33.0 Å². The second kappa shape index (κ2) is 7.94. The third kappa shape index (κ3) is 3.07. The van der Waals surface area contributed by atoms with Crippen molar-refractivity contribution in [3.05, 3.63) is 118 Å². The normalized spacial score (nSPS) is 15.5. The van der Waals surface area contributed by atoms with E-state index in [0.717, 1.165) is 22.3 Å². The third-order valence-electron chi connectivity index (χ3n) is 8.84. The highest BCUT2D eigenvalue weighted by Gasteiger charge is 2.42. The molecule has 0 fully saturated rings. The van der Waals surface area contributed by atoms with Gasteiger partial charge in [0.15, 0.2) is 23.3 Å². The SMILES string of the molecule is CC1(C)c2cc(Nc3c(F)c(F)c(F)c(F)c3F)ccc2-c2cc3c(cc21)-c1c(ccc2ccccc12)C3(C)C. The van der Waals surface area contributed by atoms with E-state index in [1.807, 2.05) is 12.1 Å². The number of hydrogen-bond donors (Lipinski definition) is 1. The Morgan fingerprint density at radius 2 is 1.10 bits per heavy atom. The van der Waals surface area contributed by atoms with Crippen LogP contribution in [0.3, 0.4) is 0 Å². The van der Waals surface area contributed by atoms with Gasteiger partial charge in [0.1, 0.15) is 5.69 Å². The Hall–Kier alpha value is -4.19. The molecular weight excluding hydrogens is 517 g/mol. The van der Waals surface area contributed by atoms with Crippen molar-refractivity contribution in [2.75, 3.05) is 5.32 Å². The van der Waals surface area contributed by atoms with Gasteiger partial charge in [0, 0.05) is 16.5 Å². The summed E-state index contributed by atoms with van der Waals surface area (Å²) in [5, 5.41) is 4.82. The second-order valence-electron chi connectivity index (χ2n) is 11.7. The maximum absolute atomic E-state index is 14.4. The van der Waals surface area contributed by atoms with E-state index < -0.39 is 40.2 Å². The molecule has 5 aromatic carbocycles. The molecule has 0 spiro atoms. The van der Waals surface area contributed by atoms with E-state index >= 15 is 0 Å². The van der Waals surface area contributed by atoms with Crippen molar-refractivity contribution in [2.24, 2.45) is 0 Å². The van der Waals surface area contributed by atoms with Gasteiger partial charge in [-0.3, -0.25) is 0 Å². The van der Waals surface area contributed by atoms with Gasteiger partial charge in [-0.25, -0.2) is 22.0 Å². The number of rotatable bonds is 2. The summed E-state index contributed by atoms with van der Waals surface area (Å²) in [6, 6.07) is 22.5. The average molecular weight is 542 g/mol. The Labute approximate surface area is 228 Å². The summed E-state index contributed by atoms with van der Waals surface area (Å²) in [5.41, 5.74) is 7.46. The standard InChI is InChI=1S/C34H24F5N/c1-33(2)22-12-9-16-7-5-6-8-18(16)26(22)21-15-24-20(14-25(21)33)19-11-10-17(13-23(19)34(24,3)4)40-32-30(38)28(36)27(35)29(37)31(32)39/h5-15,40H,1-4H3. The molecule has 0 saturated carbocycles. The van der Waals surface area contributed by atoms with Gasteiger partial charge >= 0.3 is 0 Å². The quantitative estimate of drug-likeness (QED) is 0.133. The first-order chi connectivity index (χ1) is 18.9. The molecule has 0 aliphatic heterocycles. The van der Waals surface area contributed by atoms with E-state index in [9.17, 15) is 22.0 Å². The number of anilines is 2. The van der Waals surface area contributed by atoms with Crippen molar-refractivity contribution in [2.45, 2.75) is 38.5 Å². The zero-order valence-electron chi connectivity index (χ0n) is 22.2. The van der Waals surface area contributed by atoms with Crippen molar-refractivity contribution < 1.29 is 22.0 Å². The van der Waals surface area contributed by atoms with Gasteiger partial charge in [0.25, 0.3) is 0 Å². The van der Waals surface area contributed by atoms with Gasteiger partial charge in [-0.1, -0.05) is 70.2 Å². The maximum atomic E-state index is 14.4. The lowest BCUT2D eigenvalue weighted by Crippen LogP contribution is -2.17. The fourth-order valence-corrected chi connectivity index (χ4v) is 6.67. The molecule has 0 atom stereocenters. The van der Waals surface area contributed by atoms with E-state index in [4.69, 9.17) is 0 Å². The number of halogens is 5. The molecular formula is C34H24F5N. The number of benzene rings is 5. The number of hydrogen-bond acceptors (Lipinski definition) is 1. The first-order valence-corrected chi connectivity index (χ1v) is 13.1. The van der Waals surface area contributed by atoms with Crippen molar-refractivity contribution in [3.63, 3.8) is 0 Å².